The maximum absolute atomic E-state index is 3.81. The smallest absolute Gasteiger partial charge is 0.00235 e. The third kappa shape index (κ3) is 13.1. The van der Waals surface area contributed by atoms with E-state index in [1.807, 2.05) is 23.5 Å². The number of thioether (sulfide) groups is 3. The fourth-order valence-corrected chi connectivity index (χ4v) is 3.33. The molecule has 0 rings (SSSR count). The molecule has 0 nitrogen and oxygen atoms in total. The lowest BCUT2D eigenvalue weighted by atomic mass is 10.4. The van der Waals surface area contributed by atoms with Gasteiger partial charge in [0.1, 0.15) is 0 Å². The van der Waals surface area contributed by atoms with Crippen molar-refractivity contribution in [3.05, 3.63) is 6.92 Å². The van der Waals surface area contributed by atoms with E-state index in [0.717, 1.165) is 5.75 Å². The highest BCUT2D eigenvalue weighted by Gasteiger charge is 1.91. The molecule has 0 saturated heterocycles. The van der Waals surface area contributed by atoms with Crippen LogP contribution in [-0.2, 0) is 0 Å². The van der Waals surface area contributed by atoms with Crippen LogP contribution in [0.2, 0.25) is 0 Å². The van der Waals surface area contributed by atoms with Gasteiger partial charge in [-0.1, -0.05) is 6.92 Å². The minimum absolute atomic E-state index is 1.03. The van der Waals surface area contributed by atoms with Gasteiger partial charge in [0, 0.05) is 11.5 Å². The van der Waals surface area contributed by atoms with Crippen molar-refractivity contribution in [1.29, 1.82) is 0 Å². The van der Waals surface area contributed by atoms with Crippen molar-refractivity contribution in [1.82, 2.24) is 0 Å². The maximum atomic E-state index is 3.81. The molecular formula is C10H21S3. The molecule has 0 aliphatic heterocycles. The zero-order valence-corrected chi connectivity index (χ0v) is 11.0. The van der Waals surface area contributed by atoms with Gasteiger partial charge in [-0.2, -0.15) is 35.3 Å². The van der Waals surface area contributed by atoms with Crippen LogP contribution < -0.4 is 0 Å². The molecule has 0 N–H and O–H groups in total. The summed E-state index contributed by atoms with van der Waals surface area (Å²) < 4.78 is 0. The Bertz CT molecular complexity index is 76.2. The summed E-state index contributed by atoms with van der Waals surface area (Å²) in [5.74, 6) is 7.60. The summed E-state index contributed by atoms with van der Waals surface area (Å²) >= 11 is 6.11. The van der Waals surface area contributed by atoms with Crippen LogP contribution in [0.4, 0.5) is 0 Å². The van der Waals surface area contributed by atoms with Gasteiger partial charge in [-0.05, 0) is 42.8 Å². The van der Waals surface area contributed by atoms with E-state index in [4.69, 9.17) is 0 Å². The first-order valence-corrected chi connectivity index (χ1v) is 8.40. The van der Waals surface area contributed by atoms with Crippen LogP contribution in [0.1, 0.15) is 19.8 Å². The van der Waals surface area contributed by atoms with Crippen LogP contribution in [0.3, 0.4) is 0 Å². The summed E-state index contributed by atoms with van der Waals surface area (Å²) in [5, 5.41) is 0. The molecule has 0 aromatic rings. The van der Waals surface area contributed by atoms with Crippen LogP contribution in [0, 0.1) is 6.92 Å². The second kappa shape index (κ2) is 13.1. The van der Waals surface area contributed by atoms with Gasteiger partial charge < -0.3 is 0 Å². The topological polar surface area (TPSA) is 0 Å². The van der Waals surface area contributed by atoms with Crippen LogP contribution >= 0.6 is 35.3 Å². The van der Waals surface area contributed by atoms with E-state index in [9.17, 15) is 0 Å². The Morgan fingerprint density at radius 3 is 2.08 bits per heavy atom. The molecule has 0 atom stereocenters. The molecule has 0 bridgehead atoms. The third-order valence-corrected chi connectivity index (χ3v) is 4.64. The molecule has 3 heteroatoms. The number of rotatable bonds is 10. The molecule has 0 aliphatic rings. The van der Waals surface area contributed by atoms with Gasteiger partial charge in [0.15, 0.2) is 0 Å². The molecule has 0 aromatic carbocycles. The minimum Gasteiger partial charge on any atom is -0.162 e. The molecule has 0 amide bonds. The molecule has 0 saturated carbocycles. The Morgan fingerprint density at radius 2 is 1.46 bits per heavy atom. The van der Waals surface area contributed by atoms with Crippen molar-refractivity contribution in [3.8, 4) is 0 Å². The SMILES string of the molecule is [CH2]CSCCCCSCCSCC. The van der Waals surface area contributed by atoms with Crippen LogP contribution in [0.15, 0.2) is 0 Å². The second-order valence-electron chi connectivity index (χ2n) is 2.63. The third-order valence-electron chi connectivity index (χ3n) is 1.55. The number of hydrogen-bond donors (Lipinski definition) is 0. The fourth-order valence-electron chi connectivity index (χ4n) is 0.875. The first-order chi connectivity index (χ1) is 6.41. The lowest BCUT2D eigenvalue weighted by Crippen LogP contribution is -1.89. The highest BCUT2D eigenvalue weighted by atomic mass is 32.2. The van der Waals surface area contributed by atoms with E-state index in [0.29, 0.717) is 0 Å². The van der Waals surface area contributed by atoms with Crippen molar-refractivity contribution < 1.29 is 0 Å². The van der Waals surface area contributed by atoms with Gasteiger partial charge in [0.2, 0.25) is 0 Å². The van der Waals surface area contributed by atoms with Crippen LogP contribution in [0.5, 0.6) is 0 Å². The molecule has 0 aliphatic carbocycles. The minimum atomic E-state index is 1.03. The normalized spacial score (nSPS) is 10.6. The largest absolute Gasteiger partial charge is 0.162 e. The average molecular weight is 237 g/mol. The van der Waals surface area contributed by atoms with Gasteiger partial charge in [-0.15, -0.1) is 0 Å². The van der Waals surface area contributed by atoms with E-state index >= 15 is 0 Å². The van der Waals surface area contributed by atoms with E-state index in [2.05, 4.69) is 25.6 Å². The molecule has 1 radical (unpaired) electrons. The Balaban J connectivity index is 2.76. The first-order valence-electron chi connectivity index (χ1n) is 4.94. The predicted molar refractivity (Wildman–Crippen MR) is 72.2 cm³/mol. The second-order valence-corrected chi connectivity index (χ2v) is 6.47. The molecule has 79 valence electrons. The maximum Gasteiger partial charge on any atom is 0.00235 e. The summed E-state index contributed by atoms with van der Waals surface area (Å²) in [6, 6.07) is 0. The summed E-state index contributed by atoms with van der Waals surface area (Å²) in [6.45, 7) is 6.04. The lowest BCUT2D eigenvalue weighted by molar-refractivity contribution is 0.908. The quantitative estimate of drug-likeness (QED) is 0.530. The van der Waals surface area contributed by atoms with Gasteiger partial charge in [-0.3, -0.25) is 0 Å². The molecule has 13 heavy (non-hydrogen) atoms. The Morgan fingerprint density at radius 1 is 0.846 bits per heavy atom. The zero-order chi connectivity index (χ0) is 9.78. The summed E-state index contributed by atoms with van der Waals surface area (Å²) in [7, 11) is 0. The Labute approximate surface area is 96.4 Å². The fraction of sp³-hybridized carbons (Fsp3) is 0.900. The van der Waals surface area contributed by atoms with Crippen LogP contribution in [-0.4, -0.2) is 34.5 Å². The average Bonchev–Trinajstić information content (AvgIpc) is 2.16. The number of hydrogen-bond acceptors (Lipinski definition) is 3. The number of unbranched alkanes of at least 4 members (excludes halogenated alkanes) is 1. The van der Waals surface area contributed by atoms with E-state index in [1.54, 1.807) is 0 Å². The molecule has 0 unspecified atom stereocenters. The molecule has 0 spiro atoms. The van der Waals surface area contributed by atoms with Gasteiger partial charge in [0.25, 0.3) is 0 Å². The van der Waals surface area contributed by atoms with E-state index in [1.165, 1.54) is 41.6 Å². The monoisotopic (exact) mass is 237 g/mol. The van der Waals surface area contributed by atoms with Gasteiger partial charge in [-0.25, -0.2) is 0 Å². The lowest BCUT2D eigenvalue weighted by Gasteiger charge is -2.00. The Kier molecular flexibility index (Phi) is 14.1. The summed E-state index contributed by atoms with van der Waals surface area (Å²) in [4.78, 5) is 0. The predicted octanol–water partition coefficient (Wildman–Crippen LogP) is 3.82. The van der Waals surface area contributed by atoms with Gasteiger partial charge >= 0.3 is 0 Å². The zero-order valence-electron chi connectivity index (χ0n) is 8.59. The molecule has 0 heterocycles. The van der Waals surface area contributed by atoms with E-state index in [-0.39, 0.29) is 0 Å². The molecule has 0 aromatic heterocycles. The van der Waals surface area contributed by atoms with Crippen molar-refractivity contribution in [2.75, 3.05) is 34.5 Å². The highest BCUT2D eigenvalue weighted by molar-refractivity contribution is 8.02. The first kappa shape index (κ1) is 14.1. The summed E-state index contributed by atoms with van der Waals surface area (Å²) in [6.07, 6.45) is 2.75. The Hall–Kier alpha value is 1.05. The van der Waals surface area contributed by atoms with Crippen molar-refractivity contribution >= 4 is 35.3 Å². The molecule has 0 fully saturated rings. The molecular weight excluding hydrogens is 216 g/mol. The van der Waals surface area contributed by atoms with E-state index < -0.39 is 0 Å². The van der Waals surface area contributed by atoms with Gasteiger partial charge in [0.05, 0.1) is 0 Å². The van der Waals surface area contributed by atoms with Crippen LogP contribution in [0.25, 0.3) is 0 Å². The van der Waals surface area contributed by atoms with Crippen molar-refractivity contribution in [2.24, 2.45) is 0 Å². The standard InChI is InChI=1S/C10H21S3/c1-3-11-7-5-6-8-13-10-9-12-4-2/h1,3-10H2,2H3. The van der Waals surface area contributed by atoms with Crippen molar-refractivity contribution in [3.63, 3.8) is 0 Å². The summed E-state index contributed by atoms with van der Waals surface area (Å²) in [5.41, 5.74) is 0. The highest BCUT2D eigenvalue weighted by Crippen LogP contribution is 2.10. The van der Waals surface area contributed by atoms with Crippen molar-refractivity contribution in [2.45, 2.75) is 19.8 Å².